The van der Waals surface area contributed by atoms with Crippen LogP contribution < -0.4 is 11.1 Å². The summed E-state index contributed by atoms with van der Waals surface area (Å²) in [6.45, 7) is 15.8. The molecule has 0 aromatic heterocycles. The number of phenolic OH excluding ortho intramolecular Hbond substituents is 1. The molecule has 1 aromatic rings. The molecule has 0 fully saturated rings. The second-order valence-corrected chi connectivity index (χ2v) is 12.4. The second kappa shape index (κ2) is 17.2. The molecule has 0 radical (unpaired) electrons. The smallest absolute Gasteiger partial charge is 0.338 e. The summed E-state index contributed by atoms with van der Waals surface area (Å²) >= 11 is 0. The highest BCUT2D eigenvalue weighted by Crippen LogP contribution is 2.25. The first-order valence-corrected chi connectivity index (χ1v) is 15.0. The molecule has 242 valence electrons. The van der Waals surface area contributed by atoms with E-state index in [4.69, 9.17) is 29.4 Å². The van der Waals surface area contributed by atoms with Crippen molar-refractivity contribution in [2.45, 2.75) is 111 Å². The lowest BCUT2D eigenvalue weighted by molar-refractivity contribution is -0.179. The van der Waals surface area contributed by atoms with E-state index in [9.17, 15) is 14.7 Å². The summed E-state index contributed by atoms with van der Waals surface area (Å²) in [6, 6.07) is 6.83. The molecule has 10 nitrogen and oxygen atoms in total. The lowest BCUT2D eigenvalue weighted by Gasteiger charge is -2.33. The highest BCUT2D eigenvalue weighted by Gasteiger charge is 2.40. The summed E-state index contributed by atoms with van der Waals surface area (Å²) in [5.74, 6) is -0.641. The first kappa shape index (κ1) is 37.8. The van der Waals surface area contributed by atoms with E-state index in [0.717, 1.165) is 12.0 Å². The predicted molar refractivity (Wildman–Crippen MR) is 163 cm³/mol. The molecule has 4 atom stereocenters. The number of benzene rings is 1. The van der Waals surface area contributed by atoms with E-state index in [1.807, 2.05) is 46.8 Å². The number of ether oxygens (including phenoxy) is 5. The maximum Gasteiger partial charge on any atom is 0.338 e. The fourth-order valence-electron chi connectivity index (χ4n) is 3.68. The van der Waals surface area contributed by atoms with Crippen LogP contribution in [-0.2, 0) is 39.7 Å². The first-order chi connectivity index (χ1) is 19.5. The Morgan fingerprint density at radius 3 is 2.17 bits per heavy atom. The Labute approximate surface area is 252 Å². The highest BCUT2D eigenvalue weighted by atomic mass is 16.6. The third-order valence-electron chi connectivity index (χ3n) is 7.78. The minimum absolute atomic E-state index is 0.0533. The van der Waals surface area contributed by atoms with Crippen molar-refractivity contribution in [2.75, 3.05) is 40.1 Å². The van der Waals surface area contributed by atoms with Gasteiger partial charge in [0.25, 0.3) is 0 Å². The fraction of sp³-hybridized carbons (Fsp3) is 0.750. The summed E-state index contributed by atoms with van der Waals surface area (Å²) in [6.07, 6.45) is 2.74. The number of carbonyl (C=O) groups excluding carboxylic acids is 2. The normalized spacial score (nSPS) is 17.0. The van der Waals surface area contributed by atoms with Crippen LogP contribution in [0.5, 0.6) is 5.75 Å². The summed E-state index contributed by atoms with van der Waals surface area (Å²) in [4.78, 5) is 26.5. The molecule has 0 saturated carbocycles. The van der Waals surface area contributed by atoms with Crippen LogP contribution in [0.1, 0.15) is 86.6 Å². The van der Waals surface area contributed by atoms with E-state index in [0.29, 0.717) is 38.8 Å². The van der Waals surface area contributed by atoms with Crippen molar-refractivity contribution < 1.29 is 38.4 Å². The minimum atomic E-state index is -1.22. The molecule has 4 unspecified atom stereocenters. The molecule has 1 rings (SSSR count). The zero-order chi connectivity index (χ0) is 32.0. The van der Waals surface area contributed by atoms with Crippen LogP contribution in [0, 0.1) is 5.41 Å². The standard InChI is InChI=1S/C32H56N2O8/c1-10-24(3)39-22-30(6,27(36)34-19-16-25-12-14-26(35)15-13-25)23-40-28(37)31(7,11-2)41-21-18-32(8,33)42-20-17-29(4,5)38-9/h12-15,24,35H,10-11,16-23,33H2,1-9H3,(H,34,36). The van der Waals surface area contributed by atoms with Crippen molar-refractivity contribution in [3.63, 3.8) is 0 Å². The Bertz CT molecular complexity index is 952. The Kier molecular flexibility index (Phi) is 15.4. The van der Waals surface area contributed by atoms with Gasteiger partial charge in [0.2, 0.25) is 5.91 Å². The van der Waals surface area contributed by atoms with Gasteiger partial charge in [0.05, 0.1) is 31.5 Å². The molecule has 0 aliphatic rings. The van der Waals surface area contributed by atoms with Gasteiger partial charge in [0.1, 0.15) is 23.5 Å². The van der Waals surface area contributed by atoms with E-state index in [2.05, 4.69) is 5.32 Å². The van der Waals surface area contributed by atoms with Gasteiger partial charge in [-0.3, -0.25) is 4.79 Å². The third kappa shape index (κ3) is 13.4. The number of phenols is 1. The molecule has 0 aliphatic heterocycles. The van der Waals surface area contributed by atoms with Crippen molar-refractivity contribution in [1.82, 2.24) is 5.32 Å². The van der Waals surface area contributed by atoms with Gasteiger partial charge in [-0.25, -0.2) is 4.79 Å². The van der Waals surface area contributed by atoms with Gasteiger partial charge in [-0.1, -0.05) is 26.0 Å². The number of carbonyl (C=O) groups is 2. The van der Waals surface area contributed by atoms with Crippen molar-refractivity contribution in [2.24, 2.45) is 11.1 Å². The number of nitrogens with one attached hydrogen (secondary N) is 1. The van der Waals surface area contributed by atoms with E-state index >= 15 is 0 Å². The maximum absolute atomic E-state index is 13.3. The van der Waals surface area contributed by atoms with Crippen LogP contribution in [0.3, 0.4) is 0 Å². The summed E-state index contributed by atoms with van der Waals surface area (Å²) in [7, 11) is 1.66. The largest absolute Gasteiger partial charge is 0.508 e. The lowest BCUT2D eigenvalue weighted by Crippen LogP contribution is -2.49. The van der Waals surface area contributed by atoms with Gasteiger partial charge in [-0.15, -0.1) is 0 Å². The minimum Gasteiger partial charge on any atom is -0.508 e. The molecule has 0 bridgehead atoms. The number of amides is 1. The SMILES string of the molecule is CCC(C)OCC(C)(COC(=O)C(C)(CC)OCCC(C)(N)OCCC(C)(C)OC)C(=O)NCCc1ccc(O)cc1. The number of rotatable bonds is 21. The van der Waals surface area contributed by atoms with Crippen LogP contribution in [0.4, 0.5) is 0 Å². The molecule has 0 spiro atoms. The highest BCUT2D eigenvalue weighted by molar-refractivity contribution is 5.84. The number of nitrogens with two attached hydrogens (primary N) is 1. The quantitative estimate of drug-likeness (QED) is 0.138. The lowest BCUT2D eigenvalue weighted by atomic mass is 9.91. The number of hydrogen-bond donors (Lipinski definition) is 3. The number of methoxy groups -OCH3 is 1. The molecule has 4 N–H and O–H groups in total. The predicted octanol–water partition coefficient (Wildman–Crippen LogP) is 4.50. The van der Waals surface area contributed by atoms with Crippen LogP contribution in [0.15, 0.2) is 24.3 Å². The molecule has 1 aromatic carbocycles. The van der Waals surface area contributed by atoms with Gasteiger partial charge in [-0.05, 0) is 84.9 Å². The molecule has 0 aliphatic carbocycles. The third-order valence-corrected chi connectivity index (χ3v) is 7.78. The van der Waals surface area contributed by atoms with Crippen LogP contribution in [-0.4, -0.2) is 80.1 Å². The zero-order valence-electron chi connectivity index (χ0n) is 27.3. The van der Waals surface area contributed by atoms with Gasteiger partial charge in [-0.2, -0.15) is 0 Å². The topological polar surface area (TPSA) is 139 Å². The number of hydrogen-bond acceptors (Lipinski definition) is 9. The zero-order valence-corrected chi connectivity index (χ0v) is 27.3. The first-order valence-electron chi connectivity index (χ1n) is 15.0. The van der Waals surface area contributed by atoms with Crippen molar-refractivity contribution in [3.8, 4) is 5.75 Å². The van der Waals surface area contributed by atoms with Crippen LogP contribution in [0.2, 0.25) is 0 Å². The van der Waals surface area contributed by atoms with E-state index in [1.165, 1.54) is 0 Å². The molecule has 1 amide bonds. The summed E-state index contributed by atoms with van der Waals surface area (Å²) in [5, 5.41) is 12.4. The second-order valence-electron chi connectivity index (χ2n) is 12.4. The molecule has 0 heterocycles. The van der Waals surface area contributed by atoms with E-state index in [-0.39, 0.29) is 43.2 Å². The maximum atomic E-state index is 13.3. The number of esters is 1. The van der Waals surface area contributed by atoms with Crippen molar-refractivity contribution >= 4 is 11.9 Å². The van der Waals surface area contributed by atoms with Crippen LogP contribution in [0.25, 0.3) is 0 Å². The monoisotopic (exact) mass is 596 g/mol. The van der Waals surface area contributed by atoms with Crippen molar-refractivity contribution in [3.05, 3.63) is 29.8 Å². The average molecular weight is 597 g/mol. The summed E-state index contributed by atoms with van der Waals surface area (Å²) in [5.41, 5.74) is 3.71. The molecule has 42 heavy (non-hydrogen) atoms. The molecular weight excluding hydrogens is 540 g/mol. The number of aromatic hydroxyl groups is 1. The Morgan fingerprint density at radius 2 is 1.60 bits per heavy atom. The van der Waals surface area contributed by atoms with Crippen molar-refractivity contribution in [1.29, 1.82) is 0 Å². The summed E-state index contributed by atoms with van der Waals surface area (Å²) < 4.78 is 28.9. The van der Waals surface area contributed by atoms with E-state index in [1.54, 1.807) is 40.0 Å². The Balaban J connectivity index is 2.75. The van der Waals surface area contributed by atoms with Gasteiger partial charge < -0.3 is 39.8 Å². The van der Waals surface area contributed by atoms with Crippen LogP contribution >= 0.6 is 0 Å². The molecular formula is C32H56N2O8. The Morgan fingerprint density at radius 1 is 0.976 bits per heavy atom. The fourth-order valence-corrected chi connectivity index (χ4v) is 3.68. The average Bonchev–Trinajstić information content (AvgIpc) is 2.94. The Hall–Kier alpha value is -2.24. The van der Waals surface area contributed by atoms with E-state index < -0.39 is 22.7 Å². The van der Waals surface area contributed by atoms with Gasteiger partial charge in [0, 0.05) is 20.1 Å². The molecule has 0 saturated heterocycles. The molecule has 10 heteroatoms. The van der Waals surface area contributed by atoms with Gasteiger partial charge in [0.15, 0.2) is 5.60 Å². The van der Waals surface area contributed by atoms with Gasteiger partial charge >= 0.3 is 5.97 Å².